The topological polar surface area (TPSA) is 105 Å². The van der Waals surface area contributed by atoms with Crippen molar-refractivity contribution in [3.8, 4) is 0 Å². The van der Waals surface area contributed by atoms with Crippen molar-refractivity contribution in [1.29, 1.82) is 0 Å². The first-order valence-electron chi connectivity index (χ1n) is 11.6. The Kier molecular flexibility index (Phi) is 6.79. The monoisotopic (exact) mass is 543 g/mol. The molecule has 190 valence electrons. The number of amidine groups is 1. The van der Waals surface area contributed by atoms with Crippen molar-refractivity contribution in [3.05, 3.63) is 118 Å². The van der Waals surface area contributed by atoms with Gasteiger partial charge in [0.2, 0.25) is 5.95 Å². The van der Waals surface area contributed by atoms with Gasteiger partial charge in [-0.15, -0.1) is 0 Å². The number of carbonyl (C=O) groups is 1. The number of benzene rings is 3. The Bertz CT molecular complexity index is 1660. The van der Waals surface area contributed by atoms with Crippen LogP contribution in [0.4, 0.5) is 11.6 Å². The van der Waals surface area contributed by atoms with E-state index >= 15 is 0 Å². The average Bonchev–Trinajstić information content (AvgIpc) is 3.21. The fourth-order valence-corrected chi connectivity index (χ4v) is 5.05. The predicted molar refractivity (Wildman–Crippen MR) is 149 cm³/mol. The van der Waals surface area contributed by atoms with Gasteiger partial charge >= 0.3 is 0 Å². The Morgan fingerprint density at radius 1 is 0.868 bits per heavy atom. The average molecular weight is 544 g/mol. The van der Waals surface area contributed by atoms with Crippen LogP contribution in [0.1, 0.15) is 22.5 Å². The number of anilines is 2. The van der Waals surface area contributed by atoms with Gasteiger partial charge in [0.15, 0.2) is 0 Å². The Hall–Kier alpha value is -4.34. The zero-order valence-electron chi connectivity index (χ0n) is 20.5. The maximum atomic E-state index is 13.5. The molecule has 2 heterocycles. The molecule has 38 heavy (non-hydrogen) atoms. The van der Waals surface area contributed by atoms with E-state index in [1.54, 1.807) is 62.4 Å². The Balaban J connectivity index is 1.48. The van der Waals surface area contributed by atoms with Gasteiger partial charge in [-0.25, -0.2) is 28.1 Å². The summed E-state index contributed by atoms with van der Waals surface area (Å²) in [4.78, 5) is 27.9. The van der Waals surface area contributed by atoms with Gasteiger partial charge in [0, 0.05) is 22.0 Å². The third kappa shape index (κ3) is 5.34. The van der Waals surface area contributed by atoms with Crippen LogP contribution in [0.25, 0.3) is 6.08 Å². The molecule has 0 unspecified atom stereocenters. The Morgan fingerprint density at radius 3 is 2.13 bits per heavy atom. The highest BCUT2D eigenvalue weighted by Gasteiger charge is 2.32. The summed E-state index contributed by atoms with van der Waals surface area (Å²) in [5, 5.41) is 0.591. The molecule has 0 radical (unpaired) electrons. The number of hydrogen-bond donors (Lipinski definition) is 1. The standard InChI is InChI=1S/C28H22ClN5O3S/c1-18-16-19(2)31-28(30-18)33-38(36,37)24-14-12-23(13-15-24)34-26(21-6-4-3-5-7-21)32-25(27(34)35)17-20-8-10-22(29)11-9-20/h3-17H,1-2H3,(H,30,31,33)/b25-17+. The molecular formula is C28H22ClN5O3S. The number of carbonyl (C=O) groups excluding carboxylic acids is 1. The first-order chi connectivity index (χ1) is 18.2. The number of amides is 1. The van der Waals surface area contributed by atoms with Gasteiger partial charge in [0.05, 0.1) is 10.6 Å². The molecule has 4 aromatic rings. The van der Waals surface area contributed by atoms with E-state index in [0.717, 1.165) is 11.1 Å². The summed E-state index contributed by atoms with van der Waals surface area (Å²) in [5.74, 6) is 0.0983. The van der Waals surface area contributed by atoms with E-state index in [-0.39, 0.29) is 22.4 Å². The summed E-state index contributed by atoms with van der Waals surface area (Å²) in [5.41, 5.74) is 3.53. The number of nitrogens with one attached hydrogen (secondary N) is 1. The summed E-state index contributed by atoms with van der Waals surface area (Å²) >= 11 is 5.99. The molecule has 0 saturated carbocycles. The molecule has 0 aliphatic carbocycles. The first-order valence-corrected chi connectivity index (χ1v) is 13.5. The van der Waals surface area contributed by atoms with Crippen LogP contribution in [0, 0.1) is 13.8 Å². The molecule has 0 fully saturated rings. The summed E-state index contributed by atoms with van der Waals surface area (Å²) in [6.45, 7) is 3.52. The highest BCUT2D eigenvalue weighted by Crippen LogP contribution is 2.29. The van der Waals surface area contributed by atoms with Gasteiger partial charge in [-0.2, -0.15) is 0 Å². The predicted octanol–water partition coefficient (Wildman–Crippen LogP) is 5.38. The number of aryl methyl sites for hydroxylation is 2. The number of aromatic nitrogens is 2. The number of rotatable bonds is 6. The smallest absolute Gasteiger partial charge is 0.266 e. The fourth-order valence-electron chi connectivity index (χ4n) is 3.98. The lowest BCUT2D eigenvalue weighted by molar-refractivity contribution is -0.113. The van der Waals surface area contributed by atoms with Gasteiger partial charge in [0.25, 0.3) is 15.9 Å². The van der Waals surface area contributed by atoms with Gasteiger partial charge in [-0.05, 0) is 68.0 Å². The molecule has 0 spiro atoms. The highest BCUT2D eigenvalue weighted by atomic mass is 35.5. The molecular weight excluding hydrogens is 522 g/mol. The molecule has 0 saturated heterocycles. The van der Waals surface area contributed by atoms with Crippen LogP contribution in [0.15, 0.2) is 101 Å². The molecule has 1 N–H and O–H groups in total. The molecule has 3 aromatic carbocycles. The zero-order chi connectivity index (χ0) is 26.9. The van der Waals surface area contributed by atoms with Crippen molar-refractivity contribution < 1.29 is 13.2 Å². The third-order valence-electron chi connectivity index (χ3n) is 5.68. The van der Waals surface area contributed by atoms with Crippen LogP contribution in [0.2, 0.25) is 5.02 Å². The van der Waals surface area contributed by atoms with Gasteiger partial charge in [-0.3, -0.25) is 9.69 Å². The summed E-state index contributed by atoms with van der Waals surface area (Å²) < 4.78 is 28.4. The largest absolute Gasteiger partial charge is 0.282 e. The quantitative estimate of drug-likeness (QED) is 0.329. The van der Waals surface area contributed by atoms with E-state index in [4.69, 9.17) is 11.6 Å². The minimum Gasteiger partial charge on any atom is -0.266 e. The summed E-state index contributed by atoms with van der Waals surface area (Å²) in [7, 11) is -3.95. The van der Waals surface area contributed by atoms with E-state index in [2.05, 4.69) is 19.7 Å². The molecule has 10 heteroatoms. The van der Waals surface area contributed by atoms with Crippen molar-refractivity contribution >= 4 is 51.1 Å². The Labute approximate surface area is 225 Å². The normalized spacial score (nSPS) is 14.6. The summed E-state index contributed by atoms with van der Waals surface area (Å²) in [6.07, 6.45) is 1.69. The van der Waals surface area contributed by atoms with E-state index < -0.39 is 10.0 Å². The van der Waals surface area contributed by atoms with Crippen LogP contribution in [-0.2, 0) is 14.8 Å². The van der Waals surface area contributed by atoms with Crippen LogP contribution in [-0.4, -0.2) is 30.1 Å². The minimum absolute atomic E-state index is 0.00299. The molecule has 0 bridgehead atoms. The van der Waals surface area contributed by atoms with E-state index in [1.165, 1.54) is 17.0 Å². The number of nitrogens with zero attached hydrogens (tertiary/aromatic N) is 4. The van der Waals surface area contributed by atoms with Gasteiger partial charge < -0.3 is 0 Å². The molecule has 5 rings (SSSR count). The lowest BCUT2D eigenvalue weighted by Crippen LogP contribution is -2.32. The van der Waals surface area contributed by atoms with Crippen molar-refractivity contribution in [2.24, 2.45) is 4.99 Å². The van der Waals surface area contributed by atoms with Crippen LogP contribution < -0.4 is 9.62 Å². The lowest BCUT2D eigenvalue weighted by Gasteiger charge is -2.19. The number of hydrogen-bond acceptors (Lipinski definition) is 6. The molecule has 1 amide bonds. The maximum Gasteiger partial charge on any atom is 0.282 e. The lowest BCUT2D eigenvalue weighted by atomic mass is 10.1. The van der Waals surface area contributed by atoms with Crippen molar-refractivity contribution in [2.75, 3.05) is 9.62 Å². The Morgan fingerprint density at radius 2 is 1.50 bits per heavy atom. The summed E-state index contributed by atoms with van der Waals surface area (Å²) in [6, 6.07) is 24.1. The number of sulfonamides is 1. The van der Waals surface area contributed by atoms with Gasteiger partial charge in [0.1, 0.15) is 11.5 Å². The third-order valence-corrected chi connectivity index (χ3v) is 7.27. The highest BCUT2D eigenvalue weighted by molar-refractivity contribution is 7.92. The molecule has 1 aliphatic rings. The minimum atomic E-state index is -3.95. The first kappa shape index (κ1) is 25.3. The number of halogens is 1. The molecule has 1 aromatic heterocycles. The second kappa shape index (κ2) is 10.2. The van der Waals surface area contributed by atoms with Crippen LogP contribution >= 0.6 is 11.6 Å². The van der Waals surface area contributed by atoms with Crippen molar-refractivity contribution in [3.63, 3.8) is 0 Å². The molecule has 1 aliphatic heterocycles. The van der Waals surface area contributed by atoms with Crippen molar-refractivity contribution in [1.82, 2.24) is 9.97 Å². The van der Waals surface area contributed by atoms with Crippen molar-refractivity contribution in [2.45, 2.75) is 18.7 Å². The molecule has 0 atom stereocenters. The van der Waals surface area contributed by atoms with E-state index in [9.17, 15) is 13.2 Å². The van der Waals surface area contributed by atoms with E-state index in [1.807, 2.05) is 30.3 Å². The van der Waals surface area contributed by atoms with Crippen LogP contribution in [0.5, 0.6) is 0 Å². The van der Waals surface area contributed by atoms with Gasteiger partial charge in [-0.1, -0.05) is 54.1 Å². The molecule has 8 nitrogen and oxygen atoms in total. The number of aliphatic imine (C=N–C) groups is 1. The fraction of sp³-hybridized carbons (Fsp3) is 0.0714. The SMILES string of the molecule is Cc1cc(C)nc(NS(=O)(=O)c2ccc(N3C(=O)/C(=C\c4ccc(Cl)cc4)N=C3c3ccccc3)cc2)n1. The maximum absolute atomic E-state index is 13.5. The zero-order valence-corrected chi connectivity index (χ0v) is 22.0. The van der Waals surface area contributed by atoms with Crippen LogP contribution in [0.3, 0.4) is 0 Å². The second-order valence-corrected chi connectivity index (χ2v) is 10.7. The van der Waals surface area contributed by atoms with E-state index in [0.29, 0.717) is 27.9 Å². The second-order valence-electron chi connectivity index (χ2n) is 8.60.